The number of carboxylic acid groups (broad SMARTS) is 1. The van der Waals surface area contributed by atoms with Crippen molar-refractivity contribution >= 4 is 145 Å². The van der Waals surface area contributed by atoms with Crippen LogP contribution in [0.2, 0.25) is 0 Å². The largest absolute Gasteiger partial charge is 0.508 e. The normalized spacial score (nSPS) is 23.8. The number of nitrogens with two attached hydrogens (primary N) is 5. The highest BCUT2D eigenvalue weighted by molar-refractivity contribution is 14.1. The number of carbonyl (C=O) groups excluding carboxylic acids is 15. The van der Waals surface area contributed by atoms with Crippen molar-refractivity contribution in [3.8, 4) is 11.5 Å². The maximum atomic E-state index is 15.3. The number of carboxylic acids is 1. The number of aliphatic hydroxyl groups is 1. The fraction of sp³-hybridized carbons (Fsp3) is 0.523. The second kappa shape index (κ2) is 43.5. The topological polar surface area (TPSA) is 698 Å². The highest BCUT2D eigenvalue weighted by Gasteiger charge is 2.43. The summed E-state index contributed by atoms with van der Waals surface area (Å²) in [6.07, 6.45) is -5.69. The number of carbonyl (C=O) groups is 16. The number of nitrogens with one attached hydrogen (secondary N) is 14. The van der Waals surface area contributed by atoms with Gasteiger partial charge in [-0.3, -0.25) is 82.0 Å². The van der Waals surface area contributed by atoms with Gasteiger partial charge in [0.2, 0.25) is 76.8 Å². The molecule has 1 unspecified atom stereocenters. The van der Waals surface area contributed by atoms with Crippen molar-refractivity contribution in [3.63, 3.8) is 0 Å². The molecule has 2 aromatic carbocycles. The van der Waals surface area contributed by atoms with Gasteiger partial charge in [0.15, 0.2) is 11.3 Å². The number of aliphatic carboxylic acids is 1. The molecule has 1 aromatic heterocycles. The molecular formula is C65H92IN23O20S2. The zero-order valence-corrected chi connectivity index (χ0v) is 63.7. The highest BCUT2D eigenvalue weighted by atomic mass is 127. The summed E-state index contributed by atoms with van der Waals surface area (Å²) in [5.74, 6) is -19.3. The van der Waals surface area contributed by atoms with Crippen molar-refractivity contribution in [1.82, 2.24) is 89.0 Å². The summed E-state index contributed by atoms with van der Waals surface area (Å²) >= 11 is 1.79. The number of nitrogens with zero attached hydrogens (tertiary/aromatic N) is 4. The number of hydrogen-bond donors (Lipinski definition) is 23. The summed E-state index contributed by atoms with van der Waals surface area (Å²) in [6, 6.07) is -11.3. The van der Waals surface area contributed by atoms with Crippen LogP contribution in [0.1, 0.15) is 94.4 Å². The highest BCUT2D eigenvalue weighted by Crippen LogP contribution is 2.29. The molecule has 3 aromatic rings. The number of halogens is 1. The van der Waals surface area contributed by atoms with Crippen LogP contribution in [0.5, 0.6) is 11.5 Å². The summed E-state index contributed by atoms with van der Waals surface area (Å²) in [6.45, 7) is -0.325. The van der Waals surface area contributed by atoms with Crippen molar-refractivity contribution in [2.24, 2.45) is 28.7 Å². The van der Waals surface area contributed by atoms with E-state index in [1.165, 1.54) is 53.3 Å². The number of urea groups is 1. The van der Waals surface area contributed by atoms with Crippen LogP contribution in [0, 0.1) is 8.98 Å². The SMILES string of the molecule is C[C@@H](O)[C@@H]1NC(=O)[C@H]2NC(=O)[C@@H](NC(=O)CN)CCCn3cc(nn3)C[C@H](NC(=O)[C@H](CCCNC(=N)N)NC(=O)[C@@H]3CCCN3C(=O)[C@H](CC(=O)O)NC1=O)C(=O)N[C@@H](CCCNC(N)=O)C(=O)NC(Cc1ccc(O)c(I)c1)C(=O)N[C@@H](CCC(N)=O)C(=O)N[C@H](C(=O)N[C@@H](Cc1ccc(O)cc1)C(N)=O)CSS2. The van der Waals surface area contributed by atoms with E-state index in [1.54, 1.807) is 22.6 Å². The molecule has 3 aliphatic heterocycles. The maximum absolute atomic E-state index is 15.3. The number of fused-ring (bicyclic) bond motifs is 8. The lowest BCUT2D eigenvalue weighted by Gasteiger charge is -2.31. The van der Waals surface area contributed by atoms with Gasteiger partial charge in [-0.2, -0.15) is 0 Å². The van der Waals surface area contributed by atoms with Gasteiger partial charge in [0.25, 0.3) is 5.91 Å². The molecule has 16 amide bonds. The van der Waals surface area contributed by atoms with E-state index in [4.69, 9.17) is 34.1 Å². The molecular weight excluding hydrogens is 1610 g/mol. The van der Waals surface area contributed by atoms with Gasteiger partial charge < -0.3 is 123 Å². The molecule has 28 N–H and O–H groups in total. The van der Waals surface area contributed by atoms with Crippen molar-refractivity contribution in [1.29, 1.82) is 5.41 Å². The number of phenolic OH excluding ortho intramolecular Hbond substituents is 2. The Hall–Kier alpha value is -10.9. The molecule has 0 radical (unpaired) electrons. The van der Waals surface area contributed by atoms with Gasteiger partial charge in [0.1, 0.15) is 78.0 Å². The minimum atomic E-state index is -2.14. The first-order chi connectivity index (χ1) is 52.6. The standard InChI is InChI=1S/C65H92IN23O20S2/c1-30(90)50-60(106)82-43(26-49(95)96)63(108)89-21-5-9-45(89)59(105)78-38(6-2-18-73-64(70)71)53(99)81-42-25-33-28-88(87-86-33)20-4-8-36(75-48(94)27-67)55(101)85-62(61(107)84-50)111-110-29-44(58(104)79-40(51(69)97)23-31-10-13-34(91)14-11-31)83-54(100)39(15-17-47(68)93)77-56(102)41(24-32-12-16-46(92)35(66)22-32)80-52(98)37(76-57(42)103)7-3-19-74-65(72)109/h10-14,16,22,28,30,36-45,50,62,90-92H,2-9,15,17-21,23-27,29,67H2,1H3,(H2,68,93)(H2,69,97)(H,75,94)(H,76,103)(H,77,102)(H,78,105)(H,79,104)(H,80,98)(H,81,99)(H,82,106)(H,83,100)(H,84,107)(H,85,101)(H,95,96)(H4,70,71,73)(H3,72,74,109)/t30-,36+,37+,38+,39+,40+,41?,42+,43+,44+,45+,50+,62+/m1/s1. The van der Waals surface area contributed by atoms with E-state index in [1.807, 2.05) is 0 Å². The Kier molecular flexibility index (Phi) is 34.9. The van der Waals surface area contributed by atoms with Gasteiger partial charge in [0, 0.05) is 63.8 Å². The number of amides is 16. The average Bonchev–Trinajstić information content (AvgIpc) is 1.74. The van der Waals surface area contributed by atoms with Crippen LogP contribution in [0.15, 0.2) is 48.7 Å². The lowest BCUT2D eigenvalue weighted by Crippen LogP contribution is -2.61. The lowest BCUT2D eigenvalue weighted by atomic mass is 10.0. The Labute approximate surface area is 655 Å². The first-order valence-corrected chi connectivity index (χ1v) is 38.4. The Morgan fingerprint density at radius 3 is 1.93 bits per heavy atom. The number of aromatic nitrogens is 3. The number of guanidine groups is 1. The van der Waals surface area contributed by atoms with Gasteiger partial charge in [-0.05, 0) is 123 Å². The number of rotatable bonds is 23. The Morgan fingerprint density at radius 2 is 1.30 bits per heavy atom. The molecule has 3 aliphatic rings. The van der Waals surface area contributed by atoms with Gasteiger partial charge in [-0.25, -0.2) is 4.79 Å². The van der Waals surface area contributed by atoms with E-state index in [0.29, 0.717) is 27.2 Å². The first-order valence-electron chi connectivity index (χ1n) is 34.9. The first kappa shape index (κ1) is 89.0. The van der Waals surface area contributed by atoms with E-state index >= 15 is 24.0 Å². The van der Waals surface area contributed by atoms with Gasteiger partial charge in [0.05, 0.1) is 28.3 Å². The lowest BCUT2D eigenvalue weighted by molar-refractivity contribution is -0.146. The molecule has 6 rings (SSSR count). The summed E-state index contributed by atoms with van der Waals surface area (Å²) in [5.41, 5.74) is 28.6. The average molecular weight is 1710 g/mol. The van der Waals surface area contributed by atoms with Crippen LogP contribution in [-0.4, -0.2) is 251 Å². The van der Waals surface area contributed by atoms with E-state index < -0.39 is 223 Å². The molecule has 1 fully saturated rings. The zero-order chi connectivity index (χ0) is 81.8. The third-order valence-corrected chi connectivity index (χ3v) is 20.8. The molecule has 13 atom stereocenters. The van der Waals surface area contributed by atoms with Crippen LogP contribution in [-0.2, 0) is 97.7 Å². The van der Waals surface area contributed by atoms with Gasteiger partial charge in [-0.1, -0.05) is 45.0 Å². The molecule has 46 heteroatoms. The second-order valence-corrected chi connectivity index (χ2v) is 29.8. The van der Waals surface area contributed by atoms with Crippen LogP contribution in [0.3, 0.4) is 0 Å². The molecule has 0 saturated carbocycles. The van der Waals surface area contributed by atoms with Crippen LogP contribution >= 0.6 is 44.2 Å². The quantitative estimate of drug-likeness (QED) is 0.0138. The van der Waals surface area contributed by atoms with Crippen molar-refractivity contribution < 1.29 is 97.1 Å². The third-order valence-electron chi connectivity index (χ3n) is 17.4. The number of benzene rings is 2. The van der Waals surface area contributed by atoms with E-state index in [0.717, 1.165) is 11.8 Å². The predicted octanol–water partition coefficient (Wildman–Crippen LogP) is -7.93. The molecule has 0 aliphatic carbocycles. The number of phenols is 2. The van der Waals surface area contributed by atoms with Crippen molar-refractivity contribution in [2.75, 3.05) is 31.9 Å². The molecule has 1 saturated heterocycles. The number of primary amides is 3. The second-order valence-electron chi connectivity index (χ2n) is 26.1. The van der Waals surface area contributed by atoms with E-state index in [-0.39, 0.29) is 110 Å². The Balaban J connectivity index is 1.61. The monoisotopic (exact) mass is 1710 g/mol. The van der Waals surface area contributed by atoms with Gasteiger partial charge >= 0.3 is 12.0 Å². The Bertz CT molecular complexity index is 3920. The molecule has 4 bridgehead atoms. The third kappa shape index (κ3) is 28.8. The fourth-order valence-electron chi connectivity index (χ4n) is 11.7. The Morgan fingerprint density at radius 1 is 0.694 bits per heavy atom. The maximum Gasteiger partial charge on any atom is 0.312 e. The van der Waals surface area contributed by atoms with E-state index in [2.05, 4.69) is 79.4 Å². The number of hydrogen-bond acceptors (Lipinski definition) is 25. The number of aryl methyl sites for hydroxylation is 1. The summed E-state index contributed by atoms with van der Waals surface area (Å²) in [7, 11) is 0.947. The van der Waals surface area contributed by atoms with Crippen molar-refractivity contribution in [2.45, 2.75) is 181 Å². The summed E-state index contributed by atoms with van der Waals surface area (Å²) in [4.78, 5) is 228. The van der Waals surface area contributed by atoms with E-state index in [9.17, 15) is 73.2 Å². The molecule has 0 spiro atoms. The molecule has 43 nitrogen and oxygen atoms in total. The van der Waals surface area contributed by atoms with Crippen LogP contribution in [0.4, 0.5) is 4.79 Å². The van der Waals surface area contributed by atoms with Crippen LogP contribution < -0.4 is 97.8 Å². The minimum Gasteiger partial charge on any atom is -0.508 e. The fourth-order valence-corrected chi connectivity index (χ4v) is 14.6. The molecule has 606 valence electrons. The predicted molar refractivity (Wildman–Crippen MR) is 402 cm³/mol. The van der Waals surface area contributed by atoms with Crippen molar-refractivity contribution in [3.05, 3.63) is 69.1 Å². The molecule has 111 heavy (non-hydrogen) atoms. The summed E-state index contributed by atoms with van der Waals surface area (Å²) < 4.78 is 1.51. The van der Waals surface area contributed by atoms with Gasteiger partial charge in [-0.15, -0.1) is 5.10 Å². The summed E-state index contributed by atoms with van der Waals surface area (Å²) in [5, 5.41) is 88.2. The zero-order valence-electron chi connectivity index (χ0n) is 60.0. The number of aliphatic hydroxyl groups excluding tert-OH is 1. The number of aromatic hydroxyl groups is 2. The van der Waals surface area contributed by atoms with Crippen LogP contribution in [0.25, 0.3) is 0 Å². The smallest absolute Gasteiger partial charge is 0.312 e. The minimum absolute atomic E-state index is 0.0304. The molecule has 4 heterocycles.